The second-order valence-corrected chi connectivity index (χ2v) is 6.24. The molecule has 0 spiro atoms. The molecule has 1 amide bonds. The summed E-state index contributed by atoms with van der Waals surface area (Å²) in [4.78, 5) is 17.2. The lowest BCUT2D eigenvalue weighted by atomic mass is 10.0. The van der Waals surface area contributed by atoms with Crippen LogP contribution in [0.2, 0.25) is 0 Å². The highest BCUT2D eigenvalue weighted by atomic mass is 16.1. The molecule has 0 unspecified atom stereocenters. The molecule has 0 aliphatic rings. The van der Waals surface area contributed by atoms with Gasteiger partial charge in [0.25, 0.3) is 5.91 Å². The minimum atomic E-state index is -0.0793. The molecule has 124 valence electrons. The van der Waals surface area contributed by atoms with E-state index in [9.17, 15) is 4.79 Å². The summed E-state index contributed by atoms with van der Waals surface area (Å²) in [5, 5.41) is 8.27. The fourth-order valence-corrected chi connectivity index (χ4v) is 2.99. The number of hydrogen-bond donors (Lipinski definition) is 1. The van der Waals surface area contributed by atoms with Gasteiger partial charge in [-0.1, -0.05) is 37.3 Å². The number of nitrogens with zero attached hydrogens (tertiary/aromatic N) is 3. The maximum absolute atomic E-state index is 12.7. The van der Waals surface area contributed by atoms with Gasteiger partial charge in [0.15, 0.2) is 5.65 Å². The molecule has 0 radical (unpaired) electrons. The molecular formula is C19H22N4O. The fourth-order valence-electron chi connectivity index (χ4n) is 2.99. The summed E-state index contributed by atoms with van der Waals surface area (Å²) < 4.78 is 1.72. The Balaban J connectivity index is 1.84. The van der Waals surface area contributed by atoms with Crippen molar-refractivity contribution < 1.29 is 4.79 Å². The van der Waals surface area contributed by atoms with Crippen LogP contribution in [0.4, 0.5) is 0 Å². The van der Waals surface area contributed by atoms with E-state index in [0.29, 0.717) is 12.1 Å². The molecule has 5 nitrogen and oxygen atoms in total. The molecule has 0 saturated heterocycles. The number of hydrogen-bond acceptors (Lipinski definition) is 3. The van der Waals surface area contributed by atoms with Crippen LogP contribution in [0.3, 0.4) is 0 Å². The maximum atomic E-state index is 12.7. The summed E-state index contributed by atoms with van der Waals surface area (Å²) in [6.45, 7) is 6.50. The maximum Gasteiger partial charge on any atom is 0.252 e. The zero-order chi connectivity index (χ0) is 17.3. The minimum absolute atomic E-state index is 0.0793. The number of rotatable bonds is 4. The number of carbonyl (C=O) groups is 1. The molecule has 3 rings (SSSR count). The topological polar surface area (TPSA) is 59.8 Å². The van der Waals surface area contributed by atoms with Gasteiger partial charge in [0.1, 0.15) is 0 Å². The smallest absolute Gasteiger partial charge is 0.252 e. The number of aryl methyl sites for hydroxylation is 3. The third-order valence-corrected chi connectivity index (χ3v) is 4.28. The Morgan fingerprint density at radius 2 is 1.96 bits per heavy atom. The second kappa shape index (κ2) is 6.43. The molecule has 1 aromatic carbocycles. The first kappa shape index (κ1) is 16.2. The molecule has 2 heterocycles. The molecule has 2 aromatic heterocycles. The van der Waals surface area contributed by atoms with Crippen molar-refractivity contribution in [3.63, 3.8) is 0 Å². The molecule has 1 N–H and O–H groups in total. The van der Waals surface area contributed by atoms with E-state index in [1.165, 1.54) is 5.56 Å². The first-order chi connectivity index (χ1) is 11.5. The van der Waals surface area contributed by atoms with E-state index in [1.807, 2.05) is 45.2 Å². The van der Waals surface area contributed by atoms with Crippen molar-refractivity contribution in [1.29, 1.82) is 0 Å². The zero-order valence-electron chi connectivity index (χ0n) is 14.5. The zero-order valence-corrected chi connectivity index (χ0v) is 14.5. The highest BCUT2D eigenvalue weighted by Crippen LogP contribution is 2.22. The Labute approximate surface area is 141 Å². The van der Waals surface area contributed by atoms with Gasteiger partial charge < -0.3 is 5.32 Å². The van der Waals surface area contributed by atoms with Crippen LogP contribution in [-0.4, -0.2) is 27.2 Å². The largest absolute Gasteiger partial charge is 0.351 e. The van der Waals surface area contributed by atoms with Crippen molar-refractivity contribution in [2.75, 3.05) is 6.54 Å². The van der Waals surface area contributed by atoms with Crippen LogP contribution < -0.4 is 5.32 Å². The van der Waals surface area contributed by atoms with E-state index < -0.39 is 0 Å². The second-order valence-electron chi connectivity index (χ2n) is 6.24. The predicted molar refractivity (Wildman–Crippen MR) is 95.2 cm³/mol. The summed E-state index contributed by atoms with van der Waals surface area (Å²) in [5.41, 5.74) is 4.23. The highest BCUT2D eigenvalue weighted by molar-refractivity contribution is 6.06. The van der Waals surface area contributed by atoms with Crippen LogP contribution in [0, 0.1) is 13.8 Å². The minimum Gasteiger partial charge on any atom is -0.351 e. The predicted octanol–water partition coefficient (Wildman–Crippen LogP) is 3.12. The van der Waals surface area contributed by atoms with Crippen molar-refractivity contribution in [1.82, 2.24) is 20.1 Å². The summed E-state index contributed by atoms with van der Waals surface area (Å²) in [6, 6.07) is 12.0. The normalized spacial score (nSPS) is 12.3. The molecule has 24 heavy (non-hydrogen) atoms. The van der Waals surface area contributed by atoms with Gasteiger partial charge in [-0.2, -0.15) is 5.10 Å². The summed E-state index contributed by atoms with van der Waals surface area (Å²) in [7, 11) is 1.85. The van der Waals surface area contributed by atoms with Gasteiger partial charge in [0.2, 0.25) is 0 Å². The number of benzene rings is 1. The van der Waals surface area contributed by atoms with Crippen LogP contribution in [0.25, 0.3) is 11.0 Å². The van der Waals surface area contributed by atoms with Gasteiger partial charge in [-0.05, 0) is 31.4 Å². The van der Waals surface area contributed by atoms with Crippen molar-refractivity contribution in [2.24, 2.45) is 7.05 Å². The SMILES string of the molecule is Cc1cc(C(=O)NC[C@@H](C)c2ccccc2)c2c(C)nn(C)c2n1. The van der Waals surface area contributed by atoms with Crippen molar-refractivity contribution in [2.45, 2.75) is 26.7 Å². The Morgan fingerprint density at radius 1 is 1.25 bits per heavy atom. The third-order valence-electron chi connectivity index (χ3n) is 4.28. The molecule has 0 saturated carbocycles. The van der Waals surface area contributed by atoms with Crippen molar-refractivity contribution >= 4 is 16.9 Å². The van der Waals surface area contributed by atoms with E-state index in [0.717, 1.165) is 22.4 Å². The third kappa shape index (κ3) is 3.02. The molecule has 1 atom stereocenters. The van der Waals surface area contributed by atoms with Crippen LogP contribution in [0.1, 0.15) is 40.2 Å². The average molecular weight is 322 g/mol. The lowest BCUT2D eigenvalue weighted by molar-refractivity contribution is 0.0953. The number of pyridine rings is 1. The van der Waals surface area contributed by atoms with Gasteiger partial charge in [0.05, 0.1) is 16.6 Å². The number of aromatic nitrogens is 3. The van der Waals surface area contributed by atoms with E-state index in [-0.39, 0.29) is 11.8 Å². The first-order valence-corrected chi connectivity index (χ1v) is 8.11. The lowest BCUT2D eigenvalue weighted by Crippen LogP contribution is -2.28. The number of amides is 1. The number of nitrogens with one attached hydrogen (secondary N) is 1. The van der Waals surface area contributed by atoms with E-state index in [1.54, 1.807) is 4.68 Å². The average Bonchev–Trinajstić information content (AvgIpc) is 2.86. The Bertz CT molecular complexity index is 883. The molecule has 3 aromatic rings. The summed E-state index contributed by atoms with van der Waals surface area (Å²) >= 11 is 0. The van der Waals surface area contributed by atoms with Crippen LogP contribution >= 0.6 is 0 Å². The number of carbonyl (C=O) groups excluding carboxylic acids is 1. The lowest BCUT2D eigenvalue weighted by Gasteiger charge is -2.13. The monoisotopic (exact) mass is 322 g/mol. The Kier molecular flexibility index (Phi) is 4.34. The standard InChI is InChI=1S/C19H22N4O/c1-12(15-8-6-5-7-9-15)11-20-19(24)16-10-13(2)21-18-17(16)14(3)22-23(18)4/h5-10,12H,11H2,1-4H3,(H,20,24)/t12-/m1/s1. The van der Waals surface area contributed by atoms with E-state index in [4.69, 9.17) is 0 Å². The Morgan fingerprint density at radius 3 is 2.67 bits per heavy atom. The molecule has 0 aliphatic heterocycles. The molecule has 0 bridgehead atoms. The quantitative estimate of drug-likeness (QED) is 0.803. The van der Waals surface area contributed by atoms with Crippen LogP contribution in [-0.2, 0) is 7.05 Å². The fraction of sp³-hybridized carbons (Fsp3) is 0.316. The first-order valence-electron chi connectivity index (χ1n) is 8.11. The molecular weight excluding hydrogens is 300 g/mol. The molecule has 0 aliphatic carbocycles. The highest BCUT2D eigenvalue weighted by Gasteiger charge is 2.18. The van der Waals surface area contributed by atoms with E-state index >= 15 is 0 Å². The van der Waals surface area contributed by atoms with Crippen molar-refractivity contribution in [3.05, 3.63) is 58.9 Å². The van der Waals surface area contributed by atoms with Gasteiger partial charge in [0, 0.05) is 19.3 Å². The van der Waals surface area contributed by atoms with Gasteiger partial charge in [-0.3, -0.25) is 9.48 Å². The van der Waals surface area contributed by atoms with E-state index in [2.05, 4.69) is 34.5 Å². The van der Waals surface area contributed by atoms with Gasteiger partial charge >= 0.3 is 0 Å². The summed E-state index contributed by atoms with van der Waals surface area (Å²) in [6.07, 6.45) is 0. The van der Waals surface area contributed by atoms with Crippen LogP contribution in [0.5, 0.6) is 0 Å². The number of fused-ring (bicyclic) bond motifs is 1. The van der Waals surface area contributed by atoms with Gasteiger partial charge in [-0.15, -0.1) is 0 Å². The van der Waals surface area contributed by atoms with Crippen LogP contribution in [0.15, 0.2) is 36.4 Å². The Hall–Kier alpha value is -2.69. The van der Waals surface area contributed by atoms with Crippen molar-refractivity contribution in [3.8, 4) is 0 Å². The summed E-state index contributed by atoms with van der Waals surface area (Å²) in [5.74, 6) is 0.174. The van der Waals surface area contributed by atoms with Gasteiger partial charge in [-0.25, -0.2) is 4.98 Å². The molecule has 0 fully saturated rings. The molecule has 5 heteroatoms.